The van der Waals surface area contributed by atoms with E-state index in [0.29, 0.717) is 6.42 Å². The molecule has 0 aliphatic carbocycles. The second-order valence-corrected chi connectivity index (χ2v) is 5.70. The van der Waals surface area contributed by atoms with Gasteiger partial charge in [-0.05, 0) is 25.5 Å². The Kier molecular flexibility index (Phi) is 5.31. The maximum Gasteiger partial charge on any atom is 0.303 e. The number of hydrogen-bond donors (Lipinski definition) is 2. The van der Waals surface area contributed by atoms with Crippen LogP contribution in [0.5, 0.6) is 0 Å². The second kappa shape index (κ2) is 7.21. The van der Waals surface area contributed by atoms with Crippen molar-refractivity contribution in [3.8, 4) is 0 Å². The summed E-state index contributed by atoms with van der Waals surface area (Å²) in [6.45, 7) is 1.84. The zero-order valence-corrected chi connectivity index (χ0v) is 12.8. The molecule has 0 saturated carbocycles. The Morgan fingerprint density at radius 3 is 2.78 bits per heavy atom. The molecule has 23 heavy (non-hydrogen) atoms. The Morgan fingerprint density at radius 2 is 2.13 bits per heavy atom. The third-order valence-electron chi connectivity index (χ3n) is 3.82. The van der Waals surface area contributed by atoms with Crippen LogP contribution in [0.2, 0.25) is 0 Å². The molecule has 2 N–H and O–H groups in total. The van der Waals surface area contributed by atoms with Crippen LogP contribution in [0.3, 0.4) is 0 Å². The van der Waals surface area contributed by atoms with Crippen LogP contribution in [0, 0.1) is 11.7 Å². The van der Waals surface area contributed by atoms with Crippen molar-refractivity contribution in [2.45, 2.75) is 32.2 Å². The summed E-state index contributed by atoms with van der Waals surface area (Å²) in [5.41, 5.74) is 0.173. The van der Waals surface area contributed by atoms with Crippen molar-refractivity contribution < 1.29 is 23.9 Å². The van der Waals surface area contributed by atoms with E-state index in [2.05, 4.69) is 5.32 Å². The number of anilines is 1. The van der Waals surface area contributed by atoms with Crippen molar-refractivity contribution in [2.24, 2.45) is 5.92 Å². The van der Waals surface area contributed by atoms with E-state index < -0.39 is 17.7 Å². The number of carboxylic acids is 1. The number of carbonyl (C=O) groups is 3. The molecule has 124 valence electrons. The third kappa shape index (κ3) is 4.28. The molecule has 7 heteroatoms. The first-order chi connectivity index (χ1) is 10.9. The van der Waals surface area contributed by atoms with Gasteiger partial charge < -0.3 is 15.3 Å². The Bertz CT molecular complexity index is 620. The molecule has 1 saturated heterocycles. The van der Waals surface area contributed by atoms with Gasteiger partial charge in [-0.3, -0.25) is 14.4 Å². The zero-order valence-electron chi connectivity index (χ0n) is 12.8. The van der Waals surface area contributed by atoms with Crippen molar-refractivity contribution in [3.05, 3.63) is 30.1 Å². The number of amides is 2. The van der Waals surface area contributed by atoms with E-state index in [0.717, 1.165) is 0 Å². The summed E-state index contributed by atoms with van der Waals surface area (Å²) in [6, 6.07) is 5.64. The molecule has 2 atom stereocenters. The van der Waals surface area contributed by atoms with Crippen molar-refractivity contribution in [3.63, 3.8) is 0 Å². The predicted octanol–water partition coefficient (Wildman–Crippen LogP) is 1.55. The summed E-state index contributed by atoms with van der Waals surface area (Å²) < 4.78 is 13.8. The van der Waals surface area contributed by atoms with E-state index in [9.17, 15) is 18.8 Å². The highest BCUT2D eigenvalue weighted by Crippen LogP contribution is 2.27. The Morgan fingerprint density at radius 1 is 1.43 bits per heavy atom. The summed E-state index contributed by atoms with van der Waals surface area (Å²) in [4.78, 5) is 36.0. The maximum atomic E-state index is 13.8. The highest BCUT2D eigenvalue weighted by atomic mass is 19.1. The number of rotatable bonds is 6. The van der Waals surface area contributed by atoms with Crippen molar-refractivity contribution in [2.75, 3.05) is 11.4 Å². The minimum Gasteiger partial charge on any atom is -0.481 e. The molecule has 1 aromatic rings. The van der Waals surface area contributed by atoms with Crippen LogP contribution in [0.1, 0.15) is 26.2 Å². The smallest absolute Gasteiger partial charge is 0.303 e. The average Bonchev–Trinajstić information content (AvgIpc) is 2.87. The summed E-state index contributed by atoms with van der Waals surface area (Å²) in [5, 5.41) is 11.3. The zero-order chi connectivity index (χ0) is 17.0. The number of para-hydroxylation sites is 1. The summed E-state index contributed by atoms with van der Waals surface area (Å²) >= 11 is 0. The van der Waals surface area contributed by atoms with Crippen LogP contribution in [-0.2, 0) is 14.4 Å². The summed E-state index contributed by atoms with van der Waals surface area (Å²) in [7, 11) is 0. The van der Waals surface area contributed by atoms with Gasteiger partial charge in [0, 0.05) is 25.4 Å². The fourth-order valence-corrected chi connectivity index (χ4v) is 2.56. The maximum absolute atomic E-state index is 13.8. The number of aliphatic carboxylic acids is 1. The number of carbonyl (C=O) groups excluding carboxylic acids is 2. The molecule has 2 rings (SSSR count). The quantitative estimate of drug-likeness (QED) is 0.832. The van der Waals surface area contributed by atoms with Crippen LogP contribution in [0.15, 0.2) is 24.3 Å². The van der Waals surface area contributed by atoms with E-state index in [-0.39, 0.29) is 42.9 Å². The lowest BCUT2D eigenvalue weighted by molar-refractivity contribution is -0.137. The molecule has 0 radical (unpaired) electrons. The van der Waals surface area contributed by atoms with Crippen molar-refractivity contribution >= 4 is 23.5 Å². The Labute approximate surface area is 133 Å². The third-order valence-corrected chi connectivity index (χ3v) is 3.82. The first-order valence-electron chi connectivity index (χ1n) is 7.45. The van der Waals surface area contributed by atoms with Crippen LogP contribution in [-0.4, -0.2) is 35.5 Å². The van der Waals surface area contributed by atoms with Gasteiger partial charge in [-0.1, -0.05) is 12.1 Å². The van der Waals surface area contributed by atoms with Gasteiger partial charge in [-0.15, -0.1) is 0 Å². The van der Waals surface area contributed by atoms with Crippen LogP contribution < -0.4 is 10.2 Å². The highest BCUT2D eigenvalue weighted by Gasteiger charge is 2.36. The largest absolute Gasteiger partial charge is 0.481 e. The number of hydrogen-bond acceptors (Lipinski definition) is 3. The van der Waals surface area contributed by atoms with Crippen LogP contribution >= 0.6 is 0 Å². The average molecular weight is 322 g/mol. The van der Waals surface area contributed by atoms with Gasteiger partial charge >= 0.3 is 5.97 Å². The normalized spacial score (nSPS) is 18.8. The van der Waals surface area contributed by atoms with Crippen LogP contribution in [0.4, 0.5) is 10.1 Å². The topological polar surface area (TPSA) is 86.7 Å². The second-order valence-electron chi connectivity index (χ2n) is 5.70. The van der Waals surface area contributed by atoms with Gasteiger partial charge in [0.15, 0.2) is 0 Å². The van der Waals surface area contributed by atoms with Crippen LogP contribution in [0.25, 0.3) is 0 Å². The Balaban J connectivity index is 1.95. The molecule has 1 heterocycles. The fourth-order valence-electron chi connectivity index (χ4n) is 2.56. The first kappa shape index (κ1) is 16.9. The van der Waals surface area contributed by atoms with E-state index >= 15 is 0 Å². The molecule has 1 aliphatic rings. The lowest BCUT2D eigenvalue weighted by atomic mass is 10.1. The first-order valence-corrected chi connectivity index (χ1v) is 7.45. The minimum atomic E-state index is -0.923. The number of nitrogens with one attached hydrogen (secondary N) is 1. The van der Waals surface area contributed by atoms with Gasteiger partial charge in [0.05, 0.1) is 11.6 Å². The molecule has 6 nitrogen and oxygen atoms in total. The Hall–Kier alpha value is -2.44. The van der Waals surface area contributed by atoms with E-state index in [1.165, 1.54) is 23.1 Å². The molecule has 1 aliphatic heterocycles. The number of carboxylic acid groups (broad SMARTS) is 1. The van der Waals surface area contributed by atoms with E-state index in [1.807, 2.05) is 0 Å². The van der Waals surface area contributed by atoms with Crippen molar-refractivity contribution in [1.29, 1.82) is 0 Å². The molecule has 2 unspecified atom stereocenters. The van der Waals surface area contributed by atoms with Gasteiger partial charge in [-0.2, -0.15) is 0 Å². The molecular formula is C16H19FN2O4. The van der Waals surface area contributed by atoms with E-state index in [1.54, 1.807) is 13.0 Å². The van der Waals surface area contributed by atoms with Gasteiger partial charge in [0.2, 0.25) is 11.8 Å². The molecule has 2 amide bonds. The standard InChI is InChI=1S/C16H19FN2O4/c1-10(6-7-15(21)22)18-16(23)11-8-14(20)19(9-11)13-5-3-2-4-12(13)17/h2-5,10-11H,6-9H2,1H3,(H,18,23)(H,21,22). The monoisotopic (exact) mass is 322 g/mol. The molecular weight excluding hydrogens is 303 g/mol. The molecule has 1 aromatic carbocycles. The van der Waals surface area contributed by atoms with Crippen molar-refractivity contribution in [1.82, 2.24) is 5.32 Å². The van der Waals surface area contributed by atoms with Gasteiger partial charge in [0.25, 0.3) is 0 Å². The number of nitrogens with zero attached hydrogens (tertiary/aromatic N) is 1. The van der Waals surface area contributed by atoms with Gasteiger partial charge in [-0.25, -0.2) is 4.39 Å². The lowest BCUT2D eigenvalue weighted by Crippen LogP contribution is -2.38. The summed E-state index contributed by atoms with van der Waals surface area (Å²) in [6.07, 6.45) is 0.303. The minimum absolute atomic E-state index is 0.0197. The predicted molar refractivity (Wildman–Crippen MR) is 81.3 cm³/mol. The SMILES string of the molecule is CC(CCC(=O)O)NC(=O)C1CC(=O)N(c2ccccc2F)C1. The molecule has 0 bridgehead atoms. The summed E-state index contributed by atoms with van der Waals surface area (Å²) in [5.74, 6) is -2.59. The van der Waals surface area contributed by atoms with Gasteiger partial charge in [0.1, 0.15) is 5.82 Å². The lowest BCUT2D eigenvalue weighted by Gasteiger charge is -2.18. The molecule has 1 fully saturated rings. The number of halogens is 1. The molecule has 0 spiro atoms. The fraction of sp³-hybridized carbons (Fsp3) is 0.438. The number of benzene rings is 1. The molecule has 0 aromatic heterocycles. The van der Waals surface area contributed by atoms with E-state index in [4.69, 9.17) is 5.11 Å². The highest BCUT2D eigenvalue weighted by molar-refractivity contribution is 6.00.